The highest BCUT2D eigenvalue weighted by Gasteiger charge is 2.15. The van der Waals surface area contributed by atoms with E-state index < -0.39 is 6.10 Å². The summed E-state index contributed by atoms with van der Waals surface area (Å²) in [5.41, 5.74) is 9.92. The fourth-order valence-corrected chi connectivity index (χ4v) is 3.10. The van der Waals surface area contributed by atoms with Crippen LogP contribution < -0.4 is 10.5 Å². The summed E-state index contributed by atoms with van der Waals surface area (Å²) in [6.07, 6.45) is 2.02. The van der Waals surface area contributed by atoms with Crippen molar-refractivity contribution in [3.63, 3.8) is 0 Å². The summed E-state index contributed by atoms with van der Waals surface area (Å²) >= 11 is 0. The van der Waals surface area contributed by atoms with Crippen molar-refractivity contribution in [2.45, 2.75) is 40.2 Å². The first-order valence-electron chi connectivity index (χ1n) is 9.78. The normalized spacial score (nSPS) is 12.4. The maximum Gasteiger partial charge on any atom is 0.249 e. The minimum Gasteiger partial charge on any atom is -0.490 e. The minimum absolute atomic E-state index is 0.155. The van der Waals surface area contributed by atoms with Crippen molar-refractivity contribution in [3.8, 4) is 28.7 Å². The fraction of sp³-hybridized carbons (Fsp3) is 0.409. The zero-order chi connectivity index (χ0) is 21.0. The highest BCUT2D eigenvalue weighted by molar-refractivity contribution is 5.61. The van der Waals surface area contributed by atoms with Gasteiger partial charge >= 0.3 is 0 Å². The van der Waals surface area contributed by atoms with Gasteiger partial charge in [-0.3, -0.25) is 4.98 Å². The molecule has 7 heteroatoms. The number of rotatable bonds is 8. The van der Waals surface area contributed by atoms with Crippen LogP contribution in [0.25, 0.3) is 22.9 Å². The van der Waals surface area contributed by atoms with E-state index in [9.17, 15) is 5.11 Å². The number of hydrogen-bond acceptors (Lipinski definition) is 7. The number of aryl methyl sites for hydroxylation is 2. The van der Waals surface area contributed by atoms with E-state index in [1.807, 2.05) is 38.1 Å². The minimum atomic E-state index is -0.687. The molecular weight excluding hydrogens is 368 g/mol. The molecule has 0 aliphatic carbocycles. The van der Waals surface area contributed by atoms with Crippen molar-refractivity contribution < 1.29 is 14.3 Å². The summed E-state index contributed by atoms with van der Waals surface area (Å²) in [7, 11) is 0. The summed E-state index contributed by atoms with van der Waals surface area (Å²) < 4.78 is 11.6. The standard InChI is InChI=1S/C22H28N4O3/c1-13(2)7-18-6-5-16(11-24-18)21-25-26-22(29-21)17-8-14(3)20(15(4)9-17)28-12-19(27)10-23/h5-6,8-9,11,13,19,27H,7,10,12,23H2,1-4H3. The van der Waals surface area contributed by atoms with Crippen LogP contribution >= 0.6 is 0 Å². The molecule has 2 heterocycles. The molecule has 0 aliphatic rings. The molecule has 7 nitrogen and oxygen atoms in total. The number of benzene rings is 1. The molecule has 2 aromatic heterocycles. The molecule has 1 aromatic carbocycles. The Kier molecular flexibility index (Phi) is 6.61. The maximum atomic E-state index is 9.62. The summed E-state index contributed by atoms with van der Waals surface area (Å²) in [5.74, 6) is 2.16. The van der Waals surface area contributed by atoms with Crippen molar-refractivity contribution in [3.05, 3.63) is 47.3 Å². The molecule has 3 aromatic rings. The van der Waals surface area contributed by atoms with Crippen molar-refractivity contribution in [1.82, 2.24) is 15.2 Å². The van der Waals surface area contributed by atoms with Crippen molar-refractivity contribution in [2.75, 3.05) is 13.2 Å². The molecule has 3 N–H and O–H groups in total. The van der Waals surface area contributed by atoms with Crippen molar-refractivity contribution in [1.29, 1.82) is 0 Å². The number of aromatic nitrogens is 3. The Bertz CT molecular complexity index is 928. The Morgan fingerprint density at radius 2 is 1.72 bits per heavy atom. The van der Waals surface area contributed by atoms with Crippen molar-refractivity contribution >= 4 is 0 Å². The second-order valence-electron chi connectivity index (χ2n) is 7.69. The van der Waals surface area contributed by atoms with Gasteiger partial charge in [-0.25, -0.2) is 0 Å². The first kappa shape index (κ1) is 21.0. The van der Waals surface area contributed by atoms with Gasteiger partial charge in [-0.05, 0) is 61.6 Å². The van der Waals surface area contributed by atoms with Crippen LogP contribution in [0.5, 0.6) is 5.75 Å². The molecule has 0 bridgehead atoms. The zero-order valence-corrected chi connectivity index (χ0v) is 17.3. The third kappa shape index (κ3) is 5.19. The van der Waals surface area contributed by atoms with Gasteiger partial charge in [-0.1, -0.05) is 13.8 Å². The molecule has 0 spiro atoms. The monoisotopic (exact) mass is 396 g/mol. The number of ether oxygens (including phenoxy) is 1. The predicted octanol–water partition coefficient (Wildman–Crippen LogP) is 3.31. The van der Waals surface area contributed by atoms with Gasteiger partial charge in [0, 0.05) is 24.0 Å². The zero-order valence-electron chi connectivity index (χ0n) is 17.3. The Hall–Kier alpha value is -2.77. The Balaban J connectivity index is 1.79. The van der Waals surface area contributed by atoms with Crippen LogP contribution in [0.15, 0.2) is 34.9 Å². The van der Waals surface area contributed by atoms with Crippen LogP contribution in [-0.2, 0) is 6.42 Å². The molecule has 0 saturated heterocycles. The summed E-state index contributed by atoms with van der Waals surface area (Å²) in [5, 5.41) is 18.0. The van der Waals surface area contributed by atoms with E-state index in [-0.39, 0.29) is 13.2 Å². The topological polar surface area (TPSA) is 107 Å². The quantitative estimate of drug-likeness (QED) is 0.601. The van der Waals surface area contributed by atoms with Crippen LogP contribution in [0.1, 0.15) is 30.7 Å². The van der Waals surface area contributed by atoms with Gasteiger partial charge in [0.2, 0.25) is 11.8 Å². The van der Waals surface area contributed by atoms with E-state index in [1.54, 1.807) is 6.20 Å². The van der Waals surface area contributed by atoms with Gasteiger partial charge < -0.3 is 20.0 Å². The average molecular weight is 396 g/mol. The SMILES string of the molecule is Cc1cc(-c2nnc(-c3ccc(CC(C)C)nc3)o2)cc(C)c1OCC(O)CN. The van der Waals surface area contributed by atoms with E-state index in [4.69, 9.17) is 14.9 Å². The average Bonchev–Trinajstić information content (AvgIpc) is 3.17. The molecule has 1 unspecified atom stereocenters. The smallest absolute Gasteiger partial charge is 0.249 e. The molecule has 0 amide bonds. The van der Waals surface area contributed by atoms with Crippen molar-refractivity contribution in [2.24, 2.45) is 11.7 Å². The van der Waals surface area contributed by atoms with E-state index >= 15 is 0 Å². The lowest BCUT2D eigenvalue weighted by molar-refractivity contribution is 0.113. The number of pyridine rings is 1. The molecule has 154 valence electrons. The lowest BCUT2D eigenvalue weighted by Gasteiger charge is -2.15. The number of nitrogens with zero attached hydrogens (tertiary/aromatic N) is 3. The fourth-order valence-electron chi connectivity index (χ4n) is 3.10. The van der Waals surface area contributed by atoms with Crippen LogP contribution in [-0.4, -0.2) is 39.5 Å². The van der Waals surface area contributed by atoms with Gasteiger partial charge in [0.15, 0.2) is 0 Å². The molecule has 0 radical (unpaired) electrons. The van der Waals surface area contributed by atoms with Gasteiger partial charge in [0.1, 0.15) is 18.5 Å². The maximum absolute atomic E-state index is 9.62. The molecule has 3 rings (SSSR count). The molecule has 1 atom stereocenters. The second-order valence-corrected chi connectivity index (χ2v) is 7.69. The van der Waals surface area contributed by atoms with Crippen LogP contribution in [0, 0.1) is 19.8 Å². The first-order chi connectivity index (χ1) is 13.9. The lowest BCUT2D eigenvalue weighted by atomic mass is 10.1. The number of hydrogen-bond donors (Lipinski definition) is 2. The van der Waals surface area contributed by atoms with Crippen LogP contribution in [0.4, 0.5) is 0 Å². The Morgan fingerprint density at radius 1 is 1.07 bits per heavy atom. The van der Waals surface area contributed by atoms with Gasteiger partial charge in [0.25, 0.3) is 0 Å². The molecule has 0 fully saturated rings. The van der Waals surface area contributed by atoms with E-state index in [2.05, 4.69) is 29.0 Å². The lowest BCUT2D eigenvalue weighted by Crippen LogP contribution is -2.26. The summed E-state index contributed by atoms with van der Waals surface area (Å²) in [6.45, 7) is 8.53. The van der Waals surface area contributed by atoms with Crippen LogP contribution in [0.2, 0.25) is 0 Å². The second kappa shape index (κ2) is 9.15. The largest absolute Gasteiger partial charge is 0.490 e. The van der Waals surface area contributed by atoms with Gasteiger partial charge in [-0.15, -0.1) is 10.2 Å². The van der Waals surface area contributed by atoms with E-state index in [0.717, 1.165) is 40.1 Å². The number of aliphatic hydroxyl groups excluding tert-OH is 1. The van der Waals surface area contributed by atoms with E-state index in [1.165, 1.54) is 0 Å². The van der Waals surface area contributed by atoms with Gasteiger partial charge in [0.05, 0.1) is 5.56 Å². The van der Waals surface area contributed by atoms with Gasteiger partial charge in [-0.2, -0.15) is 0 Å². The molecule has 29 heavy (non-hydrogen) atoms. The number of aliphatic hydroxyl groups is 1. The highest BCUT2D eigenvalue weighted by Crippen LogP contribution is 2.31. The molecular formula is C22H28N4O3. The Morgan fingerprint density at radius 3 is 2.28 bits per heavy atom. The molecule has 0 aliphatic heterocycles. The summed E-state index contributed by atoms with van der Waals surface area (Å²) in [6, 6.07) is 7.81. The van der Waals surface area contributed by atoms with Crippen LogP contribution in [0.3, 0.4) is 0 Å². The molecule has 0 saturated carbocycles. The Labute approximate surface area is 170 Å². The number of nitrogens with two attached hydrogens (primary N) is 1. The third-order valence-electron chi connectivity index (χ3n) is 4.51. The first-order valence-corrected chi connectivity index (χ1v) is 9.78. The third-order valence-corrected chi connectivity index (χ3v) is 4.51. The summed E-state index contributed by atoms with van der Waals surface area (Å²) in [4.78, 5) is 4.49. The highest BCUT2D eigenvalue weighted by atomic mass is 16.5. The predicted molar refractivity (Wildman–Crippen MR) is 112 cm³/mol. The van der Waals surface area contributed by atoms with E-state index in [0.29, 0.717) is 17.7 Å².